The third-order valence-corrected chi connectivity index (χ3v) is 5.89. The van der Waals surface area contributed by atoms with Gasteiger partial charge in [0, 0.05) is 15.7 Å². The van der Waals surface area contributed by atoms with Gasteiger partial charge in [-0.1, -0.05) is 56.1 Å². The van der Waals surface area contributed by atoms with Crippen molar-refractivity contribution in [2.24, 2.45) is 0 Å². The molecular formula is C20H24Cl2N2O3S. The fraction of sp³-hybridized carbons (Fsp3) is 0.350. The van der Waals surface area contributed by atoms with E-state index in [2.05, 4.69) is 19.2 Å². The highest BCUT2D eigenvalue weighted by Gasteiger charge is 2.32. The molecule has 0 aliphatic heterocycles. The van der Waals surface area contributed by atoms with Crippen molar-refractivity contribution in [1.82, 2.24) is 0 Å². The Morgan fingerprint density at radius 1 is 1.07 bits per heavy atom. The van der Waals surface area contributed by atoms with E-state index in [0.717, 1.165) is 16.1 Å². The van der Waals surface area contributed by atoms with Gasteiger partial charge >= 0.3 is 0 Å². The van der Waals surface area contributed by atoms with Crippen LogP contribution < -0.4 is 9.62 Å². The van der Waals surface area contributed by atoms with E-state index in [1.54, 1.807) is 19.1 Å². The van der Waals surface area contributed by atoms with Crippen LogP contribution in [0.1, 0.15) is 38.7 Å². The number of carbonyl (C=O) groups is 1. The first-order valence-electron chi connectivity index (χ1n) is 8.89. The van der Waals surface area contributed by atoms with Crippen molar-refractivity contribution in [3.05, 3.63) is 58.1 Å². The lowest BCUT2D eigenvalue weighted by atomic mass is 10.0. The molecule has 0 aliphatic rings. The van der Waals surface area contributed by atoms with Crippen molar-refractivity contribution in [2.75, 3.05) is 15.9 Å². The van der Waals surface area contributed by atoms with Gasteiger partial charge in [0.15, 0.2) is 0 Å². The zero-order valence-corrected chi connectivity index (χ0v) is 18.6. The molecule has 0 aromatic heterocycles. The number of rotatable bonds is 7. The largest absolute Gasteiger partial charge is 0.324 e. The molecule has 0 radical (unpaired) electrons. The van der Waals surface area contributed by atoms with Crippen LogP contribution in [0.25, 0.3) is 0 Å². The molecule has 152 valence electrons. The maximum atomic E-state index is 12.9. The van der Waals surface area contributed by atoms with Gasteiger partial charge in [-0.3, -0.25) is 9.10 Å². The van der Waals surface area contributed by atoms with E-state index in [4.69, 9.17) is 23.2 Å². The van der Waals surface area contributed by atoms with Crippen LogP contribution in [-0.4, -0.2) is 26.6 Å². The van der Waals surface area contributed by atoms with E-state index in [1.165, 1.54) is 18.2 Å². The summed E-state index contributed by atoms with van der Waals surface area (Å²) >= 11 is 12.1. The maximum Gasteiger partial charge on any atom is 0.248 e. The second-order valence-corrected chi connectivity index (χ2v) is 9.61. The summed E-state index contributed by atoms with van der Waals surface area (Å²) in [5.41, 5.74) is 2.00. The first-order valence-corrected chi connectivity index (χ1v) is 11.5. The Hall–Kier alpha value is -1.76. The summed E-state index contributed by atoms with van der Waals surface area (Å²) in [5.74, 6) is -0.0530. The first kappa shape index (κ1) is 22.5. The van der Waals surface area contributed by atoms with E-state index in [0.29, 0.717) is 11.6 Å². The third-order valence-electron chi connectivity index (χ3n) is 4.28. The molecule has 0 heterocycles. The highest BCUT2D eigenvalue weighted by molar-refractivity contribution is 7.92. The van der Waals surface area contributed by atoms with E-state index < -0.39 is 22.0 Å². The lowest BCUT2D eigenvalue weighted by molar-refractivity contribution is -0.117. The predicted molar refractivity (Wildman–Crippen MR) is 117 cm³/mol. The van der Waals surface area contributed by atoms with E-state index >= 15 is 0 Å². The minimum atomic E-state index is -3.76. The number of halogens is 2. The molecule has 1 atom stereocenters. The van der Waals surface area contributed by atoms with Gasteiger partial charge < -0.3 is 5.32 Å². The van der Waals surface area contributed by atoms with Gasteiger partial charge in [-0.05, 0) is 48.2 Å². The summed E-state index contributed by atoms with van der Waals surface area (Å²) in [6.45, 7) is 5.91. The normalized spacial score (nSPS) is 12.7. The molecule has 5 nitrogen and oxygen atoms in total. The molecule has 0 unspecified atom stereocenters. The number of hydrogen-bond acceptors (Lipinski definition) is 3. The van der Waals surface area contributed by atoms with Gasteiger partial charge in [-0.15, -0.1) is 0 Å². The molecule has 1 amide bonds. The summed E-state index contributed by atoms with van der Waals surface area (Å²) in [6.07, 6.45) is 1.32. The molecule has 2 aromatic carbocycles. The van der Waals surface area contributed by atoms with Crippen molar-refractivity contribution >= 4 is 50.5 Å². The lowest BCUT2D eigenvalue weighted by Gasteiger charge is -2.30. The molecule has 0 saturated heterocycles. The van der Waals surface area contributed by atoms with Crippen LogP contribution in [0.5, 0.6) is 0 Å². The third kappa shape index (κ3) is 5.63. The highest BCUT2D eigenvalue weighted by atomic mass is 35.5. The first-order chi connectivity index (χ1) is 13.0. The van der Waals surface area contributed by atoms with Crippen molar-refractivity contribution in [2.45, 2.75) is 39.2 Å². The van der Waals surface area contributed by atoms with Crippen LogP contribution in [0.3, 0.4) is 0 Å². The average Bonchev–Trinajstić information content (AvgIpc) is 2.57. The summed E-state index contributed by atoms with van der Waals surface area (Å²) in [5, 5.41) is 3.37. The number of sulfonamides is 1. The molecule has 0 fully saturated rings. The molecule has 28 heavy (non-hydrogen) atoms. The molecule has 0 aliphatic carbocycles. The summed E-state index contributed by atoms with van der Waals surface area (Å²) < 4.78 is 26.0. The van der Waals surface area contributed by atoms with E-state index in [-0.39, 0.29) is 22.2 Å². The highest BCUT2D eigenvalue weighted by Crippen LogP contribution is 2.30. The van der Waals surface area contributed by atoms with Gasteiger partial charge in [-0.25, -0.2) is 8.42 Å². The maximum absolute atomic E-state index is 12.9. The fourth-order valence-corrected chi connectivity index (χ4v) is 4.61. The molecular weight excluding hydrogens is 419 g/mol. The Labute approximate surface area is 176 Å². The van der Waals surface area contributed by atoms with Crippen molar-refractivity contribution < 1.29 is 13.2 Å². The van der Waals surface area contributed by atoms with Crippen molar-refractivity contribution in [1.29, 1.82) is 0 Å². The number of nitrogens with one attached hydrogen (secondary N) is 1. The number of amides is 1. The number of benzene rings is 2. The lowest BCUT2D eigenvalue weighted by Crippen LogP contribution is -2.47. The number of anilines is 2. The topological polar surface area (TPSA) is 66.5 Å². The molecule has 2 rings (SSSR count). The number of nitrogens with zero attached hydrogens (tertiary/aromatic N) is 1. The summed E-state index contributed by atoms with van der Waals surface area (Å²) in [6, 6.07) is 11.0. The molecule has 1 N–H and O–H groups in total. The fourth-order valence-electron chi connectivity index (χ4n) is 2.90. The summed E-state index contributed by atoms with van der Waals surface area (Å²) in [4.78, 5) is 12.9. The van der Waals surface area contributed by atoms with Crippen LogP contribution in [0.2, 0.25) is 10.0 Å². The van der Waals surface area contributed by atoms with Gasteiger partial charge in [-0.2, -0.15) is 0 Å². The molecule has 0 bridgehead atoms. The van der Waals surface area contributed by atoms with Gasteiger partial charge in [0.2, 0.25) is 15.9 Å². The van der Waals surface area contributed by atoms with Crippen LogP contribution >= 0.6 is 23.2 Å². The second kappa shape index (κ2) is 9.16. The molecule has 0 saturated carbocycles. The zero-order chi connectivity index (χ0) is 21.1. The number of hydrogen-bond donors (Lipinski definition) is 1. The Balaban J connectivity index is 2.36. The molecule has 8 heteroatoms. The van der Waals surface area contributed by atoms with Crippen LogP contribution in [-0.2, 0) is 14.8 Å². The van der Waals surface area contributed by atoms with E-state index in [1.807, 2.05) is 12.1 Å². The quantitative estimate of drug-likeness (QED) is 0.632. The second-order valence-electron chi connectivity index (χ2n) is 6.88. The number of carbonyl (C=O) groups excluding carboxylic acids is 1. The van der Waals surface area contributed by atoms with Crippen molar-refractivity contribution in [3.63, 3.8) is 0 Å². The van der Waals surface area contributed by atoms with Crippen molar-refractivity contribution in [3.8, 4) is 0 Å². The Morgan fingerprint density at radius 3 is 2.04 bits per heavy atom. The summed E-state index contributed by atoms with van der Waals surface area (Å²) in [7, 11) is -3.76. The minimum Gasteiger partial charge on any atom is -0.324 e. The molecule has 0 spiro atoms. The Kier molecular flexibility index (Phi) is 7.37. The SMILES string of the molecule is CC[C@@H](C(=O)Nc1ccc(C(C)C)cc1)N(c1cc(Cl)cc(Cl)c1)S(C)(=O)=O. The smallest absolute Gasteiger partial charge is 0.248 e. The Bertz CT molecular complexity index is 924. The van der Waals surface area contributed by atoms with Crippen LogP contribution in [0, 0.1) is 0 Å². The standard InChI is InChI=1S/C20H24Cl2N2O3S/c1-5-19(20(25)23-17-8-6-14(7-9-17)13(2)3)24(28(4,26)27)18-11-15(21)10-16(22)12-18/h6-13,19H,5H2,1-4H3,(H,23,25)/t19-/m0/s1. The van der Waals surface area contributed by atoms with Gasteiger partial charge in [0.1, 0.15) is 6.04 Å². The molecule has 2 aromatic rings. The monoisotopic (exact) mass is 442 g/mol. The zero-order valence-electron chi connectivity index (χ0n) is 16.2. The predicted octanol–water partition coefficient (Wildman–Crippen LogP) is 5.30. The average molecular weight is 443 g/mol. The van der Waals surface area contributed by atoms with Crippen LogP contribution in [0.4, 0.5) is 11.4 Å². The van der Waals surface area contributed by atoms with Gasteiger partial charge in [0.05, 0.1) is 11.9 Å². The Morgan fingerprint density at radius 2 is 1.61 bits per heavy atom. The van der Waals surface area contributed by atoms with Gasteiger partial charge in [0.25, 0.3) is 0 Å². The van der Waals surface area contributed by atoms with E-state index in [9.17, 15) is 13.2 Å². The van der Waals surface area contributed by atoms with Crippen LogP contribution in [0.15, 0.2) is 42.5 Å². The minimum absolute atomic E-state index is 0.247.